The fourth-order valence-electron chi connectivity index (χ4n) is 2.01. The van der Waals surface area contributed by atoms with Gasteiger partial charge in [0.2, 0.25) is 0 Å². The molecule has 0 unspecified atom stereocenters. The summed E-state index contributed by atoms with van der Waals surface area (Å²) in [5, 5.41) is 0. The average molecular weight is 237 g/mol. The number of nitrogen functional groups attached to an aromatic ring is 1. The molecule has 0 saturated heterocycles. The Balaban J connectivity index is 3.20. The molecular weight excluding hydrogens is 214 g/mol. The maximum absolute atomic E-state index is 5.51. The lowest BCUT2D eigenvalue weighted by Gasteiger charge is -2.28. The van der Waals surface area contributed by atoms with Crippen LogP contribution in [0.3, 0.4) is 0 Å². The summed E-state index contributed by atoms with van der Waals surface area (Å²) >= 11 is 0. The number of hydrogen-bond donors (Lipinski definition) is 2. The van der Waals surface area contributed by atoms with Crippen molar-refractivity contribution in [1.82, 2.24) is 9.97 Å². The van der Waals surface area contributed by atoms with Crippen LogP contribution in [0, 0.1) is 0 Å². The molecule has 1 aromatic rings. The van der Waals surface area contributed by atoms with Crippen molar-refractivity contribution < 1.29 is 0 Å². The molecule has 0 saturated carbocycles. The fraction of sp³-hybridized carbons (Fsp3) is 0.667. The van der Waals surface area contributed by atoms with E-state index in [-0.39, 0.29) is 0 Å². The predicted molar refractivity (Wildman–Crippen MR) is 72.0 cm³/mol. The summed E-state index contributed by atoms with van der Waals surface area (Å²) in [5.74, 6) is 7.23. The molecule has 0 spiro atoms. The Kier molecular flexibility index (Phi) is 5.15. The Bertz CT molecular complexity index is 351. The molecule has 1 rings (SSSR count). The molecule has 0 aliphatic heterocycles. The van der Waals surface area contributed by atoms with E-state index in [1.54, 1.807) is 6.33 Å². The molecule has 5 heteroatoms. The van der Waals surface area contributed by atoms with Gasteiger partial charge < -0.3 is 10.3 Å². The van der Waals surface area contributed by atoms with Crippen LogP contribution in [-0.4, -0.2) is 22.6 Å². The summed E-state index contributed by atoms with van der Waals surface area (Å²) in [6.07, 6.45) is 3.54. The Morgan fingerprint density at radius 1 is 1.35 bits per heavy atom. The standard InChI is InChI=1S/C12H23N5/c1-5-7-10-11(16-13)14-8-15-12(10)17(6-2)9(3)4/h8-9H,5-7,13H2,1-4H3,(H,14,15,16). The van der Waals surface area contributed by atoms with Crippen molar-refractivity contribution in [2.45, 2.75) is 46.6 Å². The summed E-state index contributed by atoms with van der Waals surface area (Å²) in [4.78, 5) is 10.9. The highest BCUT2D eigenvalue weighted by molar-refractivity contribution is 5.58. The molecule has 96 valence electrons. The van der Waals surface area contributed by atoms with Crippen LogP contribution in [0.4, 0.5) is 11.6 Å². The topological polar surface area (TPSA) is 67.1 Å². The van der Waals surface area contributed by atoms with Crippen molar-refractivity contribution in [1.29, 1.82) is 0 Å². The number of rotatable bonds is 6. The molecule has 1 aromatic heterocycles. The first-order valence-electron chi connectivity index (χ1n) is 6.22. The Morgan fingerprint density at radius 3 is 2.53 bits per heavy atom. The van der Waals surface area contributed by atoms with Gasteiger partial charge in [-0.05, 0) is 27.2 Å². The second-order valence-electron chi connectivity index (χ2n) is 4.30. The quantitative estimate of drug-likeness (QED) is 0.584. The molecule has 0 aliphatic rings. The van der Waals surface area contributed by atoms with Gasteiger partial charge in [0.05, 0.1) is 0 Å². The molecule has 0 fully saturated rings. The van der Waals surface area contributed by atoms with Crippen LogP contribution in [0.25, 0.3) is 0 Å². The monoisotopic (exact) mass is 237 g/mol. The molecule has 0 aliphatic carbocycles. The summed E-state index contributed by atoms with van der Waals surface area (Å²) in [6, 6.07) is 0.413. The Hall–Kier alpha value is -1.36. The number of nitrogens with zero attached hydrogens (tertiary/aromatic N) is 3. The van der Waals surface area contributed by atoms with E-state index in [0.717, 1.165) is 36.6 Å². The zero-order valence-electron chi connectivity index (χ0n) is 11.2. The second kappa shape index (κ2) is 6.39. The lowest BCUT2D eigenvalue weighted by Crippen LogP contribution is -2.32. The van der Waals surface area contributed by atoms with Crippen LogP contribution >= 0.6 is 0 Å². The van der Waals surface area contributed by atoms with Crippen molar-refractivity contribution in [2.24, 2.45) is 5.84 Å². The van der Waals surface area contributed by atoms with Gasteiger partial charge in [0.25, 0.3) is 0 Å². The van der Waals surface area contributed by atoms with Crippen LogP contribution in [0.1, 0.15) is 39.7 Å². The molecule has 0 amide bonds. The van der Waals surface area contributed by atoms with Gasteiger partial charge in [0, 0.05) is 18.2 Å². The molecule has 0 bridgehead atoms. The molecule has 17 heavy (non-hydrogen) atoms. The van der Waals surface area contributed by atoms with Crippen LogP contribution in [0.15, 0.2) is 6.33 Å². The van der Waals surface area contributed by atoms with E-state index in [0.29, 0.717) is 6.04 Å². The minimum atomic E-state index is 0.413. The van der Waals surface area contributed by atoms with Crippen molar-refractivity contribution in [3.63, 3.8) is 0 Å². The molecule has 1 heterocycles. The number of nitrogens with two attached hydrogens (primary N) is 1. The van der Waals surface area contributed by atoms with Gasteiger partial charge in [0.15, 0.2) is 0 Å². The van der Waals surface area contributed by atoms with E-state index in [1.165, 1.54) is 0 Å². The van der Waals surface area contributed by atoms with Gasteiger partial charge in [-0.3, -0.25) is 0 Å². The molecule has 0 radical (unpaired) electrons. The normalized spacial score (nSPS) is 10.7. The molecular formula is C12H23N5. The van der Waals surface area contributed by atoms with Crippen LogP contribution < -0.4 is 16.2 Å². The lowest BCUT2D eigenvalue weighted by atomic mass is 10.1. The highest BCUT2D eigenvalue weighted by Gasteiger charge is 2.17. The number of hydrogen-bond acceptors (Lipinski definition) is 5. The summed E-state index contributed by atoms with van der Waals surface area (Å²) in [6.45, 7) is 9.53. The smallest absolute Gasteiger partial charge is 0.148 e. The van der Waals surface area contributed by atoms with Crippen molar-refractivity contribution in [3.8, 4) is 0 Å². The largest absolute Gasteiger partial charge is 0.354 e. The van der Waals surface area contributed by atoms with Crippen LogP contribution in [-0.2, 0) is 6.42 Å². The highest BCUT2D eigenvalue weighted by Crippen LogP contribution is 2.25. The third-order valence-electron chi connectivity index (χ3n) is 2.80. The van der Waals surface area contributed by atoms with Crippen LogP contribution in [0.2, 0.25) is 0 Å². The van der Waals surface area contributed by atoms with E-state index in [2.05, 4.69) is 48.0 Å². The van der Waals surface area contributed by atoms with Gasteiger partial charge in [-0.25, -0.2) is 15.8 Å². The predicted octanol–water partition coefficient (Wildman–Crippen LogP) is 1.95. The van der Waals surface area contributed by atoms with Gasteiger partial charge in [-0.15, -0.1) is 0 Å². The molecule has 5 nitrogen and oxygen atoms in total. The number of anilines is 2. The molecule has 3 N–H and O–H groups in total. The van der Waals surface area contributed by atoms with Crippen molar-refractivity contribution >= 4 is 11.6 Å². The second-order valence-corrected chi connectivity index (χ2v) is 4.30. The first-order chi connectivity index (χ1) is 8.15. The van der Waals surface area contributed by atoms with E-state index in [1.807, 2.05) is 0 Å². The van der Waals surface area contributed by atoms with Gasteiger partial charge >= 0.3 is 0 Å². The maximum atomic E-state index is 5.51. The third-order valence-corrected chi connectivity index (χ3v) is 2.80. The SMILES string of the molecule is CCCc1c(NN)ncnc1N(CC)C(C)C. The van der Waals surface area contributed by atoms with Crippen molar-refractivity contribution in [2.75, 3.05) is 16.9 Å². The van der Waals surface area contributed by atoms with E-state index < -0.39 is 0 Å². The third kappa shape index (κ3) is 3.06. The van der Waals surface area contributed by atoms with Gasteiger partial charge in [-0.1, -0.05) is 13.3 Å². The molecule has 0 aromatic carbocycles. The van der Waals surface area contributed by atoms with Crippen molar-refractivity contribution in [3.05, 3.63) is 11.9 Å². The van der Waals surface area contributed by atoms with E-state index >= 15 is 0 Å². The van der Waals surface area contributed by atoms with Gasteiger partial charge in [0.1, 0.15) is 18.0 Å². The summed E-state index contributed by atoms with van der Waals surface area (Å²) < 4.78 is 0. The maximum Gasteiger partial charge on any atom is 0.148 e. The lowest BCUT2D eigenvalue weighted by molar-refractivity contribution is 0.684. The number of hydrazine groups is 1. The van der Waals surface area contributed by atoms with E-state index in [4.69, 9.17) is 5.84 Å². The number of aromatic nitrogens is 2. The molecule has 0 atom stereocenters. The Labute approximate surface area is 103 Å². The van der Waals surface area contributed by atoms with E-state index in [9.17, 15) is 0 Å². The minimum absolute atomic E-state index is 0.413. The fourth-order valence-corrected chi connectivity index (χ4v) is 2.01. The number of nitrogens with one attached hydrogen (secondary N) is 1. The van der Waals surface area contributed by atoms with Gasteiger partial charge in [-0.2, -0.15) is 0 Å². The Morgan fingerprint density at radius 2 is 2.06 bits per heavy atom. The highest BCUT2D eigenvalue weighted by atomic mass is 15.3. The zero-order chi connectivity index (χ0) is 12.8. The first-order valence-corrected chi connectivity index (χ1v) is 6.22. The average Bonchev–Trinajstić information content (AvgIpc) is 2.31. The zero-order valence-corrected chi connectivity index (χ0v) is 11.2. The van der Waals surface area contributed by atoms with Crippen LogP contribution in [0.5, 0.6) is 0 Å². The first kappa shape index (κ1) is 13.7. The summed E-state index contributed by atoms with van der Waals surface area (Å²) in [7, 11) is 0. The summed E-state index contributed by atoms with van der Waals surface area (Å²) in [5.41, 5.74) is 3.77. The minimum Gasteiger partial charge on any atom is -0.354 e.